The monoisotopic (exact) mass is 237 g/mol. The van der Waals surface area contributed by atoms with Gasteiger partial charge >= 0.3 is 0 Å². The fourth-order valence-corrected chi connectivity index (χ4v) is 1.68. The lowest BCUT2D eigenvalue weighted by Gasteiger charge is -2.05. The van der Waals surface area contributed by atoms with E-state index in [1.165, 1.54) is 6.20 Å². The zero-order valence-corrected chi connectivity index (χ0v) is 9.88. The molecule has 0 aliphatic carbocycles. The summed E-state index contributed by atoms with van der Waals surface area (Å²) in [4.78, 5) is 22.5. The van der Waals surface area contributed by atoms with Gasteiger partial charge in [0.25, 0.3) is 0 Å². The van der Waals surface area contributed by atoms with Crippen LogP contribution in [0, 0.1) is 5.92 Å². The Labute approximate surface area is 98.1 Å². The summed E-state index contributed by atoms with van der Waals surface area (Å²) in [6.45, 7) is 3.50. The molecule has 2 rings (SSSR count). The number of carbonyl (C=O) groups excluding carboxylic acids is 1. The Morgan fingerprint density at radius 2 is 2.38 bits per heavy atom. The molecule has 0 aromatic carbocycles. The number of rotatable bonds is 3. The minimum Gasteiger partial charge on any atom is -0.345 e. The molecule has 0 aliphatic rings. The highest BCUT2D eigenvalue weighted by molar-refractivity contribution is 6.29. The molecule has 0 aliphatic heterocycles. The number of hydrogen-bond donors (Lipinski definition) is 1. The van der Waals surface area contributed by atoms with Crippen molar-refractivity contribution in [2.24, 2.45) is 5.92 Å². The number of hydrogen-bond acceptors (Lipinski definition) is 3. The highest BCUT2D eigenvalue weighted by atomic mass is 35.5. The Kier molecular flexibility index (Phi) is 2.92. The van der Waals surface area contributed by atoms with Crippen LogP contribution in [0.2, 0.25) is 5.15 Å². The van der Waals surface area contributed by atoms with Crippen LogP contribution in [-0.4, -0.2) is 20.7 Å². The molecule has 0 fully saturated rings. The van der Waals surface area contributed by atoms with E-state index in [4.69, 9.17) is 11.6 Å². The van der Waals surface area contributed by atoms with E-state index in [0.29, 0.717) is 17.2 Å². The van der Waals surface area contributed by atoms with Gasteiger partial charge in [-0.15, -0.1) is 0 Å². The number of aromatic amines is 1. The summed E-state index contributed by atoms with van der Waals surface area (Å²) in [5.41, 5.74) is 2.43. The third kappa shape index (κ3) is 2.07. The molecule has 0 saturated carbocycles. The van der Waals surface area contributed by atoms with Crippen LogP contribution in [0.25, 0.3) is 11.2 Å². The zero-order valence-electron chi connectivity index (χ0n) is 9.12. The van der Waals surface area contributed by atoms with Crippen LogP contribution >= 0.6 is 11.6 Å². The number of ketones is 1. The number of aromatic nitrogens is 3. The third-order valence-electron chi connectivity index (χ3n) is 2.65. The molecule has 0 radical (unpaired) electrons. The van der Waals surface area contributed by atoms with Gasteiger partial charge in [-0.1, -0.05) is 18.5 Å². The van der Waals surface area contributed by atoms with E-state index in [0.717, 1.165) is 11.1 Å². The van der Waals surface area contributed by atoms with Gasteiger partial charge in [0.2, 0.25) is 0 Å². The van der Waals surface area contributed by atoms with Crippen molar-refractivity contribution in [1.29, 1.82) is 0 Å². The van der Waals surface area contributed by atoms with Crippen LogP contribution in [0.1, 0.15) is 19.4 Å². The molecule has 2 aromatic heterocycles. The van der Waals surface area contributed by atoms with E-state index in [1.807, 2.05) is 13.1 Å². The van der Waals surface area contributed by atoms with Crippen LogP contribution in [0.3, 0.4) is 0 Å². The average Bonchev–Trinajstić information content (AvgIpc) is 2.61. The number of H-pyrrole nitrogens is 1. The Bertz CT molecular complexity index is 535. The minimum absolute atomic E-state index is 0.0141. The number of fused-ring (bicyclic) bond motifs is 1. The normalized spacial score (nSPS) is 12.9. The van der Waals surface area contributed by atoms with Crippen molar-refractivity contribution in [3.05, 3.63) is 23.1 Å². The standard InChI is InChI=1S/C11H12ClN3O/c1-6(7(2)16)3-8-4-13-11-10(8)15-9(12)5-14-11/h4-6H,3H2,1-2H3,(H,13,14). The summed E-state index contributed by atoms with van der Waals surface area (Å²) in [5, 5.41) is 0.365. The first kappa shape index (κ1) is 11.1. The maximum absolute atomic E-state index is 11.2. The molecule has 1 unspecified atom stereocenters. The van der Waals surface area contributed by atoms with Gasteiger partial charge in [0, 0.05) is 12.1 Å². The van der Waals surface area contributed by atoms with Gasteiger partial charge in [-0.25, -0.2) is 9.97 Å². The lowest BCUT2D eigenvalue weighted by atomic mass is 9.99. The molecule has 2 aromatic rings. The summed E-state index contributed by atoms with van der Waals surface area (Å²) in [7, 11) is 0. The first-order valence-corrected chi connectivity index (χ1v) is 5.44. The Morgan fingerprint density at radius 1 is 1.62 bits per heavy atom. The van der Waals surface area contributed by atoms with Crippen LogP contribution in [-0.2, 0) is 11.2 Å². The summed E-state index contributed by atoms with van der Waals surface area (Å²) in [6, 6.07) is 0. The Hall–Kier alpha value is -1.42. The quantitative estimate of drug-likeness (QED) is 0.892. The maximum atomic E-state index is 11.2. The smallest absolute Gasteiger partial charge is 0.156 e. The van der Waals surface area contributed by atoms with Crippen molar-refractivity contribution in [3.63, 3.8) is 0 Å². The number of nitrogens with one attached hydrogen (secondary N) is 1. The summed E-state index contributed by atoms with van der Waals surface area (Å²) >= 11 is 5.79. The van der Waals surface area contributed by atoms with Crippen molar-refractivity contribution in [3.8, 4) is 0 Å². The highest BCUT2D eigenvalue weighted by Crippen LogP contribution is 2.19. The molecular weight excluding hydrogens is 226 g/mol. The molecule has 0 saturated heterocycles. The molecule has 0 spiro atoms. The maximum Gasteiger partial charge on any atom is 0.156 e. The minimum atomic E-state index is -0.0141. The predicted octanol–water partition coefficient (Wildman–Crippen LogP) is 2.38. The van der Waals surface area contributed by atoms with Gasteiger partial charge in [0.15, 0.2) is 5.65 Å². The largest absolute Gasteiger partial charge is 0.345 e. The van der Waals surface area contributed by atoms with Gasteiger partial charge in [-0.05, 0) is 18.9 Å². The van der Waals surface area contributed by atoms with Gasteiger partial charge < -0.3 is 4.98 Å². The second kappa shape index (κ2) is 4.22. The second-order valence-electron chi connectivity index (χ2n) is 3.92. The van der Waals surface area contributed by atoms with Gasteiger partial charge in [0.05, 0.1) is 6.20 Å². The zero-order chi connectivity index (χ0) is 11.7. The van der Waals surface area contributed by atoms with Crippen molar-refractivity contribution in [2.75, 3.05) is 0 Å². The predicted molar refractivity (Wildman–Crippen MR) is 62.4 cm³/mol. The molecule has 1 atom stereocenters. The number of carbonyl (C=O) groups is 1. The number of nitrogens with zero attached hydrogens (tertiary/aromatic N) is 2. The lowest BCUT2D eigenvalue weighted by molar-refractivity contribution is -0.120. The molecule has 84 valence electrons. The van der Waals surface area contributed by atoms with E-state index in [1.54, 1.807) is 6.92 Å². The summed E-state index contributed by atoms with van der Waals surface area (Å²) in [5.74, 6) is 0.157. The molecule has 5 heteroatoms. The van der Waals surface area contributed by atoms with Crippen molar-refractivity contribution in [1.82, 2.24) is 15.0 Å². The fourth-order valence-electron chi connectivity index (χ4n) is 1.55. The first-order chi connectivity index (χ1) is 7.58. The van der Waals surface area contributed by atoms with Crippen LogP contribution < -0.4 is 0 Å². The van der Waals surface area contributed by atoms with Gasteiger partial charge in [-0.3, -0.25) is 4.79 Å². The van der Waals surface area contributed by atoms with Crippen molar-refractivity contribution in [2.45, 2.75) is 20.3 Å². The first-order valence-electron chi connectivity index (χ1n) is 5.07. The van der Waals surface area contributed by atoms with Crippen LogP contribution in [0.5, 0.6) is 0 Å². The molecule has 0 amide bonds. The SMILES string of the molecule is CC(=O)C(C)Cc1c[nH]c2ncc(Cl)nc12. The average molecular weight is 238 g/mol. The molecular formula is C11H12ClN3O. The van der Waals surface area contributed by atoms with Crippen LogP contribution in [0.15, 0.2) is 12.4 Å². The second-order valence-corrected chi connectivity index (χ2v) is 4.31. The molecule has 2 heterocycles. The summed E-state index contributed by atoms with van der Waals surface area (Å²) in [6.07, 6.45) is 3.99. The van der Waals surface area contributed by atoms with Gasteiger partial charge in [0.1, 0.15) is 16.5 Å². The Balaban J connectivity index is 2.37. The number of Topliss-reactive ketones (excluding diaryl/α,β-unsaturated/α-hetero) is 1. The van der Waals surface area contributed by atoms with E-state index >= 15 is 0 Å². The summed E-state index contributed by atoms with van der Waals surface area (Å²) < 4.78 is 0. The topological polar surface area (TPSA) is 58.6 Å². The van der Waals surface area contributed by atoms with Crippen molar-refractivity contribution >= 4 is 28.5 Å². The molecule has 0 bridgehead atoms. The Morgan fingerprint density at radius 3 is 3.06 bits per heavy atom. The van der Waals surface area contributed by atoms with E-state index < -0.39 is 0 Å². The van der Waals surface area contributed by atoms with E-state index in [2.05, 4.69) is 15.0 Å². The molecule has 1 N–H and O–H groups in total. The fraction of sp³-hybridized carbons (Fsp3) is 0.364. The molecule has 16 heavy (non-hydrogen) atoms. The van der Waals surface area contributed by atoms with Crippen molar-refractivity contribution < 1.29 is 4.79 Å². The van der Waals surface area contributed by atoms with E-state index in [-0.39, 0.29) is 11.7 Å². The van der Waals surface area contributed by atoms with Crippen LogP contribution in [0.4, 0.5) is 0 Å². The third-order valence-corrected chi connectivity index (χ3v) is 2.83. The molecule has 4 nitrogen and oxygen atoms in total. The number of halogens is 1. The lowest BCUT2D eigenvalue weighted by Crippen LogP contribution is -2.09. The van der Waals surface area contributed by atoms with Gasteiger partial charge in [-0.2, -0.15) is 0 Å². The highest BCUT2D eigenvalue weighted by Gasteiger charge is 2.13. The van der Waals surface area contributed by atoms with E-state index in [9.17, 15) is 4.79 Å².